The van der Waals surface area contributed by atoms with Gasteiger partial charge in [0.2, 0.25) is 5.91 Å². The summed E-state index contributed by atoms with van der Waals surface area (Å²) in [6.45, 7) is 3.38. The van der Waals surface area contributed by atoms with Gasteiger partial charge in [0, 0.05) is 13.0 Å². The van der Waals surface area contributed by atoms with Crippen LogP contribution < -0.4 is 5.32 Å². The summed E-state index contributed by atoms with van der Waals surface area (Å²) in [4.78, 5) is 12.4. The molecule has 1 aromatic heterocycles. The number of furan rings is 1. The van der Waals surface area contributed by atoms with Gasteiger partial charge in [-0.3, -0.25) is 4.79 Å². The molecule has 22 heavy (non-hydrogen) atoms. The van der Waals surface area contributed by atoms with E-state index >= 15 is 0 Å². The largest absolute Gasteiger partial charge is 0.469 e. The number of hydrogen-bond acceptors (Lipinski definition) is 3. The van der Waals surface area contributed by atoms with Crippen molar-refractivity contribution in [3.8, 4) is 0 Å². The van der Waals surface area contributed by atoms with Crippen LogP contribution in [0.3, 0.4) is 0 Å². The average Bonchev–Trinajstić information content (AvgIpc) is 2.96. The Kier molecular flexibility index (Phi) is 4.98. The highest BCUT2D eigenvalue weighted by molar-refractivity contribution is 5.84. The fourth-order valence-corrected chi connectivity index (χ4v) is 2.11. The smallest absolute Gasteiger partial charge is 0.228 e. The van der Waals surface area contributed by atoms with Crippen LogP contribution in [-0.2, 0) is 11.2 Å². The number of halogens is 1. The summed E-state index contributed by atoms with van der Waals surface area (Å²) in [7, 11) is 0. The third-order valence-electron chi connectivity index (χ3n) is 3.27. The van der Waals surface area contributed by atoms with Crippen LogP contribution in [-0.4, -0.2) is 23.2 Å². The molecule has 0 aliphatic heterocycles. The second-order valence-corrected chi connectivity index (χ2v) is 5.92. The molecule has 0 fully saturated rings. The highest BCUT2D eigenvalue weighted by Crippen LogP contribution is 2.22. The summed E-state index contributed by atoms with van der Waals surface area (Å²) in [6.07, 6.45) is 1.92. The summed E-state index contributed by atoms with van der Waals surface area (Å²) in [6, 6.07) is 9.38. The van der Waals surface area contributed by atoms with E-state index < -0.39 is 11.5 Å². The van der Waals surface area contributed by atoms with Crippen molar-refractivity contribution in [1.82, 2.24) is 5.32 Å². The van der Waals surface area contributed by atoms with Gasteiger partial charge in [-0.1, -0.05) is 12.1 Å². The standard InChI is InChI=1S/C17H20FNO3/c1-17(2,21)11-19-16(20)15(10-14-4-3-9-22-14)12-5-7-13(18)8-6-12/h3-9,15,21H,10-11H2,1-2H3,(H,19,20). The van der Waals surface area contributed by atoms with E-state index in [2.05, 4.69) is 5.32 Å². The Morgan fingerprint density at radius 3 is 2.55 bits per heavy atom. The molecule has 1 amide bonds. The lowest BCUT2D eigenvalue weighted by atomic mass is 9.93. The molecule has 118 valence electrons. The molecule has 1 unspecified atom stereocenters. The Labute approximate surface area is 129 Å². The second-order valence-electron chi connectivity index (χ2n) is 5.92. The molecule has 4 nitrogen and oxygen atoms in total. The summed E-state index contributed by atoms with van der Waals surface area (Å²) in [5.74, 6) is -0.413. The van der Waals surface area contributed by atoms with E-state index in [1.165, 1.54) is 12.1 Å². The molecule has 1 aromatic carbocycles. The Balaban J connectivity index is 2.17. The van der Waals surface area contributed by atoms with Gasteiger partial charge in [0.05, 0.1) is 17.8 Å². The molecule has 0 bridgehead atoms. The summed E-state index contributed by atoms with van der Waals surface area (Å²) in [5.41, 5.74) is -0.292. The molecular formula is C17H20FNO3. The van der Waals surface area contributed by atoms with Crippen LogP contribution in [0.2, 0.25) is 0 Å². The number of carbonyl (C=O) groups excluding carboxylic acids is 1. The Hall–Kier alpha value is -2.14. The maximum absolute atomic E-state index is 13.1. The Bertz CT molecular complexity index is 600. The first-order valence-electron chi connectivity index (χ1n) is 7.13. The number of benzene rings is 1. The molecular weight excluding hydrogens is 285 g/mol. The summed E-state index contributed by atoms with van der Waals surface area (Å²) < 4.78 is 18.4. The predicted octanol–water partition coefficient (Wildman–Crippen LogP) is 2.63. The van der Waals surface area contributed by atoms with Crippen molar-refractivity contribution in [3.05, 3.63) is 59.8 Å². The van der Waals surface area contributed by atoms with Gasteiger partial charge in [0.1, 0.15) is 11.6 Å². The molecule has 0 saturated carbocycles. The molecule has 0 spiro atoms. The topological polar surface area (TPSA) is 62.5 Å². The lowest BCUT2D eigenvalue weighted by Crippen LogP contribution is -2.40. The van der Waals surface area contributed by atoms with E-state index in [0.29, 0.717) is 17.7 Å². The number of nitrogens with one attached hydrogen (secondary N) is 1. The van der Waals surface area contributed by atoms with Gasteiger partial charge in [0.15, 0.2) is 0 Å². The SMILES string of the molecule is CC(C)(O)CNC(=O)C(Cc1ccco1)c1ccc(F)cc1. The minimum absolute atomic E-state index is 0.141. The van der Waals surface area contributed by atoms with E-state index in [-0.39, 0.29) is 18.3 Å². The number of carbonyl (C=O) groups is 1. The molecule has 1 heterocycles. The van der Waals surface area contributed by atoms with Crippen LogP contribution in [0.15, 0.2) is 47.1 Å². The van der Waals surface area contributed by atoms with Crippen molar-refractivity contribution in [3.63, 3.8) is 0 Å². The number of hydrogen-bond donors (Lipinski definition) is 2. The van der Waals surface area contributed by atoms with Crippen LogP contribution >= 0.6 is 0 Å². The first-order chi connectivity index (χ1) is 10.3. The van der Waals surface area contributed by atoms with Crippen LogP contribution in [0.5, 0.6) is 0 Å². The van der Waals surface area contributed by atoms with Crippen molar-refractivity contribution in [2.24, 2.45) is 0 Å². The molecule has 2 rings (SSSR count). The van der Waals surface area contributed by atoms with Gasteiger partial charge in [0.25, 0.3) is 0 Å². The number of amides is 1. The zero-order valence-electron chi connectivity index (χ0n) is 12.7. The fourth-order valence-electron chi connectivity index (χ4n) is 2.11. The first kappa shape index (κ1) is 16.2. The van der Waals surface area contributed by atoms with Crippen molar-refractivity contribution in [1.29, 1.82) is 0 Å². The van der Waals surface area contributed by atoms with Gasteiger partial charge in [-0.15, -0.1) is 0 Å². The maximum atomic E-state index is 13.1. The average molecular weight is 305 g/mol. The third-order valence-corrected chi connectivity index (χ3v) is 3.27. The molecule has 2 N–H and O–H groups in total. The summed E-state index contributed by atoms with van der Waals surface area (Å²) in [5, 5.41) is 12.5. The van der Waals surface area contributed by atoms with Gasteiger partial charge in [-0.2, -0.15) is 0 Å². The second kappa shape index (κ2) is 6.75. The van der Waals surface area contributed by atoms with Crippen LogP contribution in [0.4, 0.5) is 4.39 Å². The van der Waals surface area contributed by atoms with Crippen molar-refractivity contribution < 1.29 is 18.7 Å². The molecule has 1 atom stereocenters. The van der Waals surface area contributed by atoms with E-state index in [4.69, 9.17) is 4.42 Å². The predicted molar refractivity (Wildman–Crippen MR) is 80.9 cm³/mol. The molecule has 0 aliphatic carbocycles. The van der Waals surface area contributed by atoms with E-state index in [9.17, 15) is 14.3 Å². The minimum Gasteiger partial charge on any atom is -0.469 e. The van der Waals surface area contributed by atoms with E-state index in [0.717, 1.165) is 0 Å². The lowest BCUT2D eigenvalue weighted by Gasteiger charge is -2.21. The molecule has 0 aliphatic rings. The molecule has 2 aromatic rings. The molecule has 5 heteroatoms. The van der Waals surface area contributed by atoms with E-state index in [1.54, 1.807) is 44.4 Å². The van der Waals surface area contributed by atoms with Crippen molar-refractivity contribution in [2.75, 3.05) is 6.54 Å². The van der Waals surface area contributed by atoms with Crippen LogP contribution in [0.25, 0.3) is 0 Å². The fraction of sp³-hybridized carbons (Fsp3) is 0.353. The lowest BCUT2D eigenvalue weighted by molar-refractivity contribution is -0.123. The first-order valence-corrected chi connectivity index (χ1v) is 7.13. The van der Waals surface area contributed by atoms with Crippen LogP contribution in [0, 0.1) is 5.82 Å². The number of aliphatic hydroxyl groups is 1. The number of rotatable bonds is 6. The minimum atomic E-state index is -0.992. The highest BCUT2D eigenvalue weighted by atomic mass is 19.1. The Morgan fingerprint density at radius 2 is 2.00 bits per heavy atom. The summed E-state index contributed by atoms with van der Waals surface area (Å²) >= 11 is 0. The van der Waals surface area contributed by atoms with E-state index in [1.807, 2.05) is 0 Å². The van der Waals surface area contributed by atoms with Gasteiger partial charge in [-0.25, -0.2) is 4.39 Å². The maximum Gasteiger partial charge on any atom is 0.228 e. The zero-order valence-corrected chi connectivity index (χ0v) is 12.7. The van der Waals surface area contributed by atoms with Gasteiger partial charge >= 0.3 is 0 Å². The van der Waals surface area contributed by atoms with Crippen LogP contribution in [0.1, 0.15) is 31.1 Å². The van der Waals surface area contributed by atoms with Crippen molar-refractivity contribution >= 4 is 5.91 Å². The highest BCUT2D eigenvalue weighted by Gasteiger charge is 2.24. The molecule has 0 saturated heterocycles. The Morgan fingerprint density at radius 1 is 1.32 bits per heavy atom. The normalized spacial score (nSPS) is 12.9. The quantitative estimate of drug-likeness (QED) is 0.862. The molecule has 0 radical (unpaired) electrons. The van der Waals surface area contributed by atoms with Gasteiger partial charge in [-0.05, 0) is 43.7 Å². The third kappa shape index (κ3) is 4.70. The van der Waals surface area contributed by atoms with Gasteiger partial charge < -0.3 is 14.8 Å². The monoisotopic (exact) mass is 305 g/mol. The zero-order chi connectivity index (χ0) is 16.2. The van der Waals surface area contributed by atoms with Crippen molar-refractivity contribution in [2.45, 2.75) is 31.8 Å².